The Morgan fingerprint density at radius 2 is 2.00 bits per heavy atom. The van der Waals surface area contributed by atoms with Crippen LogP contribution in [0.25, 0.3) is 10.9 Å². The lowest BCUT2D eigenvalue weighted by Crippen LogP contribution is -2.35. The number of carboxylic acid groups (broad SMARTS) is 1. The van der Waals surface area contributed by atoms with Gasteiger partial charge in [-0.15, -0.1) is 0 Å². The fraction of sp³-hybridized carbons (Fsp3) is 0.526. The molecule has 5 nitrogen and oxygen atoms in total. The molecular formula is C19H27N3O2. The molecule has 0 aliphatic carbocycles. The first-order valence-corrected chi connectivity index (χ1v) is 8.68. The normalized spacial score (nSPS) is 15.8. The second kappa shape index (κ2) is 6.57. The van der Waals surface area contributed by atoms with Gasteiger partial charge < -0.3 is 15.0 Å². The molecule has 0 saturated carbocycles. The second-order valence-electron chi connectivity index (χ2n) is 6.91. The smallest absolute Gasteiger partial charge is 0.321 e. The summed E-state index contributed by atoms with van der Waals surface area (Å²) >= 11 is 0. The Bertz CT molecular complexity index is 779. The Hall–Kier alpha value is -1.85. The average molecular weight is 329 g/mol. The maximum atomic E-state index is 11.5. The summed E-state index contributed by atoms with van der Waals surface area (Å²) in [7, 11) is 3.85. The van der Waals surface area contributed by atoms with Gasteiger partial charge in [-0.2, -0.15) is 0 Å². The van der Waals surface area contributed by atoms with Crippen LogP contribution in [0.4, 0.5) is 0 Å². The second-order valence-corrected chi connectivity index (χ2v) is 6.91. The molecule has 2 N–H and O–H groups in total. The SMILES string of the molecule is CCCn1c(C)c(CC(NC)C(=O)O)c2cc3c(cc21)CN(C)C3. The lowest BCUT2D eigenvalue weighted by molar-refractivity contribution is -0.139. The molecule has 0 fully saturated rings. The summed E-state index contributed by atoms with van der Waals surface area (Å²) in [4.78, 5) is 13.8. The van der Waals surface area contributed by atoms with Crippen molar-refractivity contribution in [3.05, 3.63) is 34.5 Å². The Balaban J connectivity index is 2.15. The number of carbonyl (C=O) groups is 1. The highest BCUT2D eigenvalue weighted by Gasteiger charge is 2.24. The molecule has 2 aromatic rings. The maximum Gasteiger partial charge on any atom is 0.321 e. The molecule has 1 unspecified atom stereocenters. The summed E-state index contributed by atoms with van der Waals surface area (Å²) in [5.41, 5.74) is 6.38. The number of nitrogens with zero attached hydrogens (tertiary/aromatic N) is 2. The molecule has 1 atom stereocenters. The first-order chi connectivity index (χ1) is 11.5. The predicted molar refractivity (Wildman–Crippen MR) is 96.3 cm³/mol. The van der Waals surface area contributed by atoms with Crippen molar-refractivity contribution in [1.82, 2.24) is 14.8 Å². The number of hydrogen-bond acceptors (Lipinski definition) is 3. The number of rotatable bonds is 6. The Morgan fingerprint density at radius 3 is 2.58 bits per heavy atom. The first-order valence-electron chi connectivity index (χ1n) is 8.68. The summed E-state index contributed by atoms with van der Waals surface area (Å²) in [6.07, 6.45) is 1.58. The number of aryl methyl sites for hydroxylation is 1. The lowest BCUT2D eigenvalue weighted by Gasteiger charge is -2.12. The highest BCUT2D eigenvalue weighted by Crippen LogP contribution is 2.33. The van der Waals surface area contributed by atoms with Crippen molar-refractivity contribution in [1.29, 1.82) is 0 Å². The zero-order valence-electron chi connectivity index (χ0n) is 15.0. The van der Waals surface area contributed by atoms with Gasteiger partial charge in [-0.1, -0.05) is 6.92 Å². The molecular weight excluding hydrogens is 302 g/mol. The molecule has 0 saturated heterocycles. The highest BCUT2D eigenvalue weighted by molar-refractivity contribution is 5.88. The Labute approximate surface area is 143 Å². The largest absolute Gasteiger partial charge is 0.480 e. The molecule has 3 rings (SSSR count). The van der Waals surface area contributed by atoms with E-state index in [4.69, 9.17) is 0 Å². The van der Waals surface area contributed by atoms with Crippen molar-refractivity contribution in [2.45, 2.75) is 52.4 Å². The number of aliphatic carboxylic acids is 1. The van der Waals surface area contributed by atoms with Crippen molar-refractivity contribution in [3.8, 4) is 0 Å². The molecule has 1 aliphatic heterocycles. The fourth-order valence-electron chi connectivity index (χ4n) is 3.90. The van der Waals surface area contributed by atoms with E-state index in [1.165, 1.54) is 27.7 Å². The molecule has 0 bridgehead atoms. The van der Waals surface area contributed by atoms with Gasteiger partial charge in [-0.25, -0.2) is 0 Å². The van der Waals surface area contributed by atoms with E-state index < -0.39 is 12.0 Å². The first kappa shape index (κ1) is 17.0. The third kappa shape index (κ3) is 2.82. The zero-order chi connectivity index (χ0) is 17.4. The maximum absolute atomic E-state index is 11.5. The lowest BCUT2D eigenvalue weighted by atomic mass is 10.00. The highest BCUT2D eigenvalue weighted by atomic mass is 16.4. The van der Waals surface area contributed by atoms with Crippen molar-refractivity contribution >= 4 is 16.9 Å². The predicted octanol–water partition coefficient (Wildman–Crippen LogP) is 2.52. The number of hydrogen-bond donors (Lipinski definition) is 2. The molecule has 1 aromatic carbocycles. The molecule has 5 heteroatoms. The van der Waals surface area contributed by atoms with E-state index in [9.17, 15) is 9.90 Å². The van der Waals surface area contributed by atoms with Crippen LogP contribution >= 0.6 is 0 Å². The number of nitrogens with one attached hydrogen (secondary N) is 1. The van der Waals surface area contributed by atoms with Crippen LogP contribution in [0, 0.1) is 6.92 Å². The minimum Gasteiger partial charge on any atom is -0.480 e. The average Bonchev–Trinajstić information content (AvgIpc) is 3.01. The van der Waals surface area contributed by atoms with E-state index in [2.05, 4.69) is 47.8 Å². The Kier molecular flexibility index (Phi) is 4.65. The number of carboxylic acids is 1. The van der Waals surface area contributed by atoms with Gasteiger partial charge in [-0.05, 0) is 56.3 Å². The zero-order valence-corrected chi connectivity index (χ0v) is 15.0. The number of aromatic nitrogens is 1. The molecule has 130 valence electrons. The molecule has 1 aliphatic rings. The van der Waals surface area contributed by atoms with Gasteiger partial charge in [0.15, 0.2) is 0 Å². The third-order valence-electron chi connectivity index (χ3n) is 5.16. The van der Waals surface area contributed by atoms with Gasteiger partial charge in [-0.3, -0.25) is 9.69 Å². The molecule has 24 heavy (non-hydrogen) atoms. The van der Waals surface area contributed by atoms with E-state index in [1.54, 1.807) is 7.05 Å². The summed E-state index contributed by atoms with van der Waals surface area (Å²) in [6.45, 7) is 7.23. The minimum absolute atomic E-state index is 0.513. The van der Waals surface area contributed by atoms with Gasteiger partial charge in [0.25, 0.3) is 0 Å². The van der Waals surface area contributed by atoms with Gasteiger partial charge >= 0.3 is 5.97 Å². The van der Waals surface area contributed by atoms with E-state index in [0.29, 0.717) is 6.42 Å². The number of fused-ring (bicyclic) bond motifs is 2. The van der Waals surface area contributed by atoms with Crippen LogP contribution < -0.4 is 5.32 Å². The van der Waals surface area contributed by atoms with Gasteiger partial charge in [0.05, 0.1) is 0 Å². The van der Waals surface area contributed by atoms with Crippen LogP contribution in [0.2, 0.25) is 0 Å². The fourth-order valence-corrected chi connectivity index (χ4v) is 3.90. The molecule has 0 amide bonds. The molecule has 1 aromatic heterocycles. The molecule has 0 spiro atoms. The minimum atomic E-state index is -0.797. The summed E-state index contributed by atoms with van der Waals surface area (Å²) < 4.78 is 2.36. The van der Waals surface area contributed by atoms with E-state index in [-0.39, 0.29) is 0 Å². The van der Waals surface area contributed by atoms with Crippen molar-refractivity contribution in [2.75, 3.05) is 14.1 Å². The van der Waals surface area contributed by atoms with Crippen LogP contribution in [-0.2, 0) is 30.8 Å². The van der Waals surface area contributed by atoms with Crippen LogP contribution in [0.15, 0.2) is 12.1 Å². The molecule has 2 heterocycles. The Morgan fingerprint density at radius 1 is 1.33 bits per heavy atom. The van der Waals surface area contributed by atoms with E-state index >= 15 is 0 Å². The van der Waals surface area contributed by atoms with Crippen LogP contribution in [0.3, 0.4) is 0 Å². The summed E-state index contributed by atoms with van der Waals surface area (Å²) in [6, 6.07) is 4.05. The van der Waals surface area contributed by atoms with Crippen LogP contribution in [0.5, 0.6) is 0 Å². The van der Waals surface area contributed by atoms with Crippen molar-refractivity contribution < 1.29 is 9.90 Å². The van der Waals surface area contributed by atoms with Crippen LogP contribution in [-0.4, -0.2) is 40.7 Å². The number of likely N-dealkylation sites (N-methyl/N-ethyl adjacent to an activating group) is 1. The van der Waals surface area contributed by atoms with Gasteiger partial charge in [0.2, 0.25) is 0 Å². The summed E-state index contributed by atoms with van der Waals surface area (Å²) in [5.74, 6) is -0.797. The van der Waals surface area contributed by atoms with Crippen molar-refractivity contribution in [3.63, 3.8) is 0 Å². The molecule has 0 radical (unpaired) electrons. The monoisotopic (exact) mass is 329 g/mol. The third-order valence-corrected chi connectivity index (χ3v) is 5.16. The van der Waals surface area contributed by atoms with Gasteiger partial charge in [0.1, 0.15) is 6.04 Å². The van der Waals surface area contributed by atoms with Gasteiger partial charge in [0, 0.05) is 42.7 Å². The summed E-state index contributed by atoms with van der Waals surface area (Å²) in [5, 5.41) is 13.6. The number of benzene rings is 1. The van der Waals surface area contributed by atoms with Crippen molar-refractivity contribution in [2.24, 2.45) is 0 Å². The topological polar surface area (TPSA) is 57.5 Å². The standard InChI is InChI=1S/C19H27N3O2/c1-5-6-22-12(2)15(9-17(20-3)19(23)24)16-7-13-10-21(4)11-14(13)8-18(16)22/h7-8,17,20H,5-6,9-11H2,1-4H3,(H,23,24). The quantitative estimate of drug-likeness (QED) is 0.855. The van der Waals surface area contributed by atoms with E-state index in [0.717, 1.165) is 31.6 Å². The van der Waals surface area contributed by atoms with Crippen LogP contribution in [0.1, 0.15) is 35.7 Å². The van der Waals surface area contributed by atoms with E-state index in [1.807, 2.05) is 0 Å².